The summed E-state index contributed by atoms with van der Waals surface area (Å²) in [6, 6.07) is 0.428. The van der Waals surface area contributed by atoms with E-state index in [0.717, 1.165) is 11.7 Å². The van der Waals surface area contributed by atoms with Gasteiger partial charge in [-0.05, 0) is 50.7 Å². The van der Waals surface area contributed by atoms with Crippen molar-refractivity contribution in [2.75, 3.05) is 6.54 Å². The molecule has 0 aromatic heterocycles. The van der Waals surface area contributed by atoms with Crippen LogP contribution in [0, 0.1) is 5.41 Å². The second-order valence-corrected chi connectivity index (χ2v) is 4.74. The molecule has 0 aliphatic heterocycles. The van der Waals surface area contributed by atoms with Crippen molar-refractivity contribution in [1.82, 2.24) is 10.6 Å². The average molecular weight is 200 g/mol. The van der Waals surface area contributed by atoms with Crippen molar-refractivity contribution in [3.63, 3.8) is 0 Å². The monoisotopic (exact) mass is 200 g/mol. The van der Waals surface area contributed by atoms with Gasteiger partial charge in [-0.2, -0.15) is 0 Å². The Labute approximate surface area is 86.5 Å². The first-order valence-electron chi connectivity index (χ1n) is 5.12. The van der Waals surface area contributed by atoms with Crippen LogP contribution in [0.25, 0.3) is 0 Å². The molecule has 76 valence electrons. The zero-order valence-corrected chi connectivity index (χ0v) is 9.63. The fraction of sp³-hybridized carbons (Fsp3) is 0.900. The summed E-state index contributed by atoms with van der Waals surface area (Å²) >= 11 is 5.15. The molecular formula is C10H20N2S. The summed E-state index contributed by atoms with van der Waals surface area (Å²) < 4.78 is 0. The molecule has 1 fully saturated rings. The van der Waals surface area contributed by atoms with Crippen LogP contribution in [0.1, 0.15) is 40.0 Å². The summed E-state index contributed by atoms with van der Waals surface area (Å²) in [5, 5.41) is 7.28. The summed E-state index contributed by atoms with van der Waals surface area (Å²) in [7, 11) is 0. The molecule has 1 aliphatic carbocycles. The quantitative estimate of drug-likeness (QED) is 0.679. The maximum Gasteiger partial charge on any atom is 0.166 e. The Bertz CT molecular complexity index is 185. The Morgan fingerprint density at radius 2 is 2.08 bits per heavy atom. The van der Waals surface area contributed by atoms with E-state index in [1.807, 2.05) is 0 Å². The lowest BCUT2D eigenvalue weighted by Crippen LogP contribution is -2.41. The van der Waals surface area contributed by atoms with Crippen molar-refractivity contribution < 1.29 is 0 Å². The maximum atomic E-state index is 5.15. The molecule has 0 heterocycles. The van der Waals surface area contributed by atoms with Crippen LogP contribution in [-0.4, -0.2) is 17.7 Å². The van der Waals surface area contributed by atoms with E-state index in [2.05, 4.69) is 31.4 Å². The van der Waals surface area contributed by atoms with Gasteiger partial charge in [0.05, 0.1) is 0 Å². The minimum atomic E-state index is 0.428. The summed E-state index contributed by atoms with van der Waals surface area (Å²) in [6.45, 7) is 7.50. The van der Waals surface area contributed by atoms with Crippen LogP contribution in [0.2, 0.25) is 0 Å². The molecule has 1 saturated carbocycles. The third kappa shape index (κ3) is 3.51. The van der Waals surface area contributed by atoms with E-state index in [-0.39, 0.29) is 0 Å². The topological polar surface area (TPSA) is 24.1 Å². The summed E-state index contributed by atoms with van der Waals surface area (Å²) in [5.74, 6) is 0. The predicted octanol–water partition coefficient (Wildman–Crippen LogP) is 2.05. The van der Waals surface area contributed by atoms with Gasteiger partial charge >= 0.3 is 0 Å². The Hall–Kier alpha value is -0.310. The molecule has 13 heavy (non-hydrogen) atoms. The van der Waals surface area contributed by atoms with Gasteiger partial charge in [-0.15, -0.1) is 0 Å². The lowest BCUT2D eigenvalue weighted by Gasteiger charge is -2.17. The van der Waals surface area contributed by atoms with E-state index in [1.165, 1.54) is 19.3 Å². The first-order valence-corrected chi connectivity index (χ1v) is 5.53. The van der Waals surface area contributed by atoms with Gasteiger partial charge in [-0.1, -0.05) is 6.92 Å². The third-order valence-corrected chi connectivity index (χ3v) is 3.01. The van der Waals surface area contributed by atoms with Crippen LogP contribution in [0.3, 0.4) is 0 Å². The van der Waals surface area contributed by atoms with E-state index in [0.29, 0.717) is 11.5 Å². The van der Waals surface area contributed by atoms with Crippen LogP contribution in [-0.2, 0) is 0 Å². The number of nitrogens with one attached hydrogen (secondary N) is 2. The lowest BCUT2D eigenvalue weighted by atomic mass is 10.0. The Kier molecular flexibility index (Phi) is 3.54. The standard InChI is InChI=1S/C10H20N2S/c1-4-10(5-6-10)7-11-9(13)12-8(2)3/h8H,4-7H2,1-3H3,(H2,11,12,13). The fourth-order valence-corrected chi connectivity index (χ4v) is 1.72. The van der Waals surface area contributed by atoms with E-state index < -0.39 is 0 Å². The van der Waals surface area contributed by atoms with Gasteiger partial charge < -0.3 is 10.6 Å². The first kappa shape index (κ1) is 10.8. The Morgan fingerprint density at radius 1 is 1.46 bits per heavy atom. The molecule has 0 radical (unpaired) electrons. The highest BCUT2D eigenvalue weighted by molar-refractivity contribution is 7.80. The molecule has 0 unspecified atom stereocenters. The number of rotatable bonds is 4. The van der Waals surface area contributed by atoms with Crippen molar-refractivity contribution in [3.8, 4) is 0 Å². The van der Waals surface area contributed by atoms with Gasteiger partial charge in [-0.3, -0.25) is 0 Å². The molecule has 3 heteroatoms. The highest BCUT2D eigenvalue weighted by Crippen LogP contribution is 2.47. The minimum absolute atomic E-state index is 0.428. The maximum absolute atomic E-state index is 5.15. The number of hydrogen-bond donors (Lipinski definition) is 2. The molecule has 0 aromatic carbocycles. The van der Waals surface area contributed by atoms with Crippen molar-refractivity contribution in [2.45, 2.75) is 46.1 Å². The second kappa shape index (κ2) is 4.27. The lowest BCUT2D eigenvalue weighted by molar-refractivity contribution is 0.479. The van der Waals surface area contributed by atoms with Crippen LogP contribution >= 0.6 is 12.2 Å². The van der Waals surface area contributed by atoms with E-state index in [1.54, 1.807) is 0 Å². The molecule has 0 bridgehead atoms. The Morgan fingerprint density at radius 3 is 2.46 bits per heavy atom. The SMILES string of the molecule is CCC1(CNC(=S)NC(C)C)CC1. The molecular weight excluding hydrogens is 180 g/mol. The molecule has 1 aliphatic rings. The minimum Gasteiger partial charge on any atom is -0.362 e. The molecule has 2 N–H and O–H groups in total. The third-order valence-electron chi connectivity index (χ3n) is 2.75. The van der Waals surface area contributed by atoms with Gasteiger partial charge in [0.15, 0.2) is 5.11 Å². The van der Waals surface area contributed by atoms with E-state index in [4.69, 9.17) is 12.2 Å². The molecule has 2 nitrogen and oxygen atoms in total. The van der Waals surface area contributed by atoms with Gasteiger partial charge in [0.25, 0.3) is 0 Å². The molecule has 0 aromatic rings. The smallest absolute Gasteiger partial charge is 0.166 e. The van der Waals surface area contributed by atoms with Gasteiger partial charge in [0.2, 0.25) is 0 Å². The van der Waals surface area contributed by atoms with E-state index >= 15 is 0 Å². The largest absolute Gasteiger partial charge is 0.362 e. The van der Waals surface area contributed by atoms with Crippen molar-refractivity contribution in [1.29, 1.82) is 0 Å². The number of thiocarbonyl (C=S) groups is 1. The summed E-state index contributed by atoms with van der Waals surface area (Å²) in [6.07, 6.45) is 3.99. The van der Waals surface area contributed by atoms with Gasteiger partial charge in [0, 0.05) is 12.6 Å². The molecule has 0 atom stereocenters. The van der Waals surface area contributed by atoms with Crippen LogP contribution < -0.4 is 10.6 Å². The van der Waals surface area contributed by atoms with Gasteiger partial charge in [-0.25, -0.2) is 0 Å². The van der Waals surface area contributed by atoms with Crippen molar-refractivity contribution >= 4 is 17.3 Å². The van der Waals surface area contributed by atoms with Crippen LogP contribution in [0.5, 0.6) is 0 Å². The van der Waals surface area contributed by atoms with Crippen LogP contribution in [0.4, 0.5) is 0 Å². The summed E-state index contributed by atoms with van der Waals surface area (Å²) in [4.78, 5) is 0. The highest BCUT2D eigenvalue weighted by atomic mass is 32.1. The summed E-state index contributed by atoms with van der Waals surface area (Å²) in [5.41, 5.74) is 0.572. The Balaban J connectivity index is 2.15. The second-order valence-electron chi connectivity index (χ2n) is 4.34. The van der Waals surface area contributed by atoms with E-state index in [9.17, 15) is 0 Å². The zero-order valence-electron chi connectivity index (χ0n) is 8.81. The van der Waals surface area contributed by atoms with Gasteiger partial charge in [0.1, 0.15) is 0 Å². The van der Waals surface area contributed by atoms with Crippen molar-refractivity contribution in [3.05, 3.63) is 0 Å². The normalized spacial score (nSPS) is 18.5. The molecule has 0 amide bonds. The van der Waals surface area contributed by atoms with Crippen LogP contribution in [0.15, 0.2) is 0 Å². The molecule has 0 saturated heterocycles. The first-order chi connectivity index (χ1) is 6.08. The molecule has 0 spiro atoms. The van der Waals surface area contributed by atoms with Crippen molar-refractivity contribution in [2.24, 2.45) is 5.41 Å². The number of hydrogen-bond acceptors (Lipinski definition) is 1. The average Bonchev–Trinajstić information content (AvgIpc) is 2.80. The predicted molar refractivity (Wildman–Crippen MR) is 60.8 cm³/mol. The highest BCUT2D eigenvalue weighted by Gasteiger charge is 2.40. The fourth-order valence-electron chi connectivity index (χ4n) is 1.41. The zero-order chi connectivity index (χ0) is 9.90. The molecule has 1 rings (SSSR count).